The minimum absolute atomic E-state index is 0.0597. The van der Waals surface area contributed by atoms with E-state index in [2.05, 4.69) is 25.6 Å². The minimum atomic E-state index is -0.0597. The van der Waals surface area contributed by atoms with Crippen molar-refractivity contribution in [2.75, 3.05) is 24.8 Å². The Morgan fingerprint density at radius 1 is 1.42 bits per heavy atom. The maximum atomic E-state index is 11.0. The Bertz CT molecular complexity index is 595. The van der Waals surface area contributed by atoms with Gasteiger partial charge in [-0.05, 0) is 0 Å². The molecule has 2 rings (SSSR count). The molecule has 0 aliphatic carbocycles. The molecule has 0 aliphatic rings. The van der Waals surface area contributed by atoms with Crippen LogP contribution in [0.2, 0.25) is 0 Å². The molecule has 102 valence electrons. The van der Waals surface area contributed by atoms with Crippen molar-refractivity contribution in [3.63, 3.8) is 0 Å². The van der Waals surface area contributed by atoms with Gasteiger partial charge in [-0.2, -0.15) is 0 Å². The van der Waals surface area contributed by atoms with Crippen LogP contribution in [0.15, 0.2) is 16.2 Å². The number of hydrogen-bond acceptors (Lipinski definition) is 7. The molecule has 2 aromatic heterocycles. The maximum Gasteiger partial charge on any atom is 0.304 e. The predicted molar refractivity (Wildman–Crippen MR) is 74.6 cm³/mol. The molecule has 0 aromatic carbocycles. The summed E-state index contributed by atoms with van der Waals surface area (Å²) in [5.74, 6) is 1.98. The second kappa shape index (κ2) is 6.30. The summed E-state index contributed by atoms with van der Waals surface area (Å²) in [5, 5.41) is 7.89. The Labute approximate surface area is 114 Å². The number of nitrogens with one attached hydrogen (secondary N) is 3. The maximum absolute atomic E-state index is 11.0. The third-order valence-corrected chi connectivity index (χ3v) is 3.05. The van der Waals surface area contributed by atoms with E-state index in [1.54, 1.807) is 25.6 Å². The number of aromatic nitrogens is 3. The second-order valence-corrected chi connectivity index (χ2v) is 4.61. The molecule has 3 N–H and O–H groups in total. The number of anilines is 2. The van der Waals surface area contributed by atoms with Gasteiger partial charge < -0.3 is 20.4 Å². The molecular formula is C11H15N5O2S. The van der Waals surface area contributed by atoms with Crippen LogP contribution in [0, 0.1) is 0 Å². The fourth-order valence-electron chi connectivity index (χ4n) is 1.50. The van der Waals surface area contributed by atoms with Crippen LogP contribution < -0.4 is 15.5 Å². The van der Waals surface area contributed by atoms with E-state index >= 15 is 0 Å². The molecule has 0 atom stereocenters. The van der Waals surface area contributed by atoms with E-state index < -0.39 is 0 Å². The summed E-state index contributed by atoms with van der Waals surface area (Å²) in [7, 11) is 3.39. The number of aromatic amines is 1. The second-order valence-electron chi connectivity index (χ2n) is 3.76. The first-order chi connectivity index (χ1) is 9.21. The summed E-state index contributed by atoms with van der Waals surface area (Å²) in [6.45, 7) is 0.852. The van der Waals surface area contributed by atoms with Gasteiger partial charge in [-0.1, -0.05) is 11.3 Å². The fourth-order valence-corrected chi connectivity index (χ4v) is 2.08. The molecule has 0 unspecified atom stereocenters. The van der Waals surface area contributed by atoms with E-state index in [1.807, 2.05) is 0 Å². The lowest BCUT2D eigenvalue weighted by atomic mass is 10.4. The first kappa shape index (κ1) is 13.5. The Morgan fingerprint density at radius 3 is 2.84 bits per heavy atom. The van der Waals surface area contributed by atoms with Gasteiger partial charge in [0.15, 0.2) is 5.82 Å². The van der Waals surface area contributed by atoms with Gasteiger partial charge in [0.2, 0.25) is 0 Å². The third kappa shape index (κ3) is 3.76. The SMILES string of the molecule is CNc1cc(NCc2csc(=O)[nH]2)nc(COC)n1. The van der Waals surface area contributed by atoms with Gasteiger partial charge in [-0.3, -0.25) is 4.79 Å². The highest BCUT2D eigenvalue weighted by Gasteiger charge is 2.04. The van der Waals surface area contributed by atoms with E-state index in [1.165, 1.54) is 0 Å². The lowest BCUT2D eigenvalue weighted by Gasteiger charge is -2.08. The van der Waals surface area contributed by atoms with Crippen molar-refractivity contribution in [3.05, 3.63) is 32.6 Å². The van der Waals surface area contributed by atoms with Crippen LogP contribution in [0.25, 0.3) is 0 Å². The van der Waals surface area contributed by atoms with Gasteiger partial charge in [-0.15, -0.1) is 0 Å². The van der Waals surface area contributed by atoms with Crippen molar-refractivity contribution < 1.29 is 4.74 Å². The molecule has 7 nitrogen and oxygen atoms in total. The van der Waals surface area contributed by atoms with E-state index in [0.29, 0.717) is 30.6 Å². The Balaban J connectivity index is 2.10. The van der Waals surface area contributed by atoms with Crippen molar-refractivity contribution in [1.29, 1.82) is 0 Å². The van der Waals surface area contributed by atoms with Gasteiger partial charge in [-0.25, -0.2) is 9.97 Å². The van der Waals surface area contributed by atoms with Crippen LogP contribution in [0.3, 0.4) is 0 Å². The lowest BCUT2D eigenvalue weighted by molar-refractivity contribution is 0.178. The zero-order valence-electron chi connectivity index (χ0n) is 10.7. The van der Waals surface area contributed by atoms with Gasteiger partial charge >= 0.3 is 4.87 Å². The van der Waals surface area contributed by atoms with Gasteiger partial charge in [0.1, 0.15) is 18.2 Å². The molecule has 2 heterocycles. The number of H-pyrrole nitrogens is 1. The highest BCUT2D eigenvalue weighted by atomic mass is 32.1. The molecule has 8 heteroatoms. The van der Waals surface area contributed by atoms with Crippen LogP contribution in [-0.2, 0) is 17.9 Å². The van der Waals surface area contributed by atoms with Crippen LogP contribution in [0.4, 0.5) is 11.6 Å². The highest BCUT2D eigenvalue weighted by molar-refractivity contribution is 7.07. The summed E-state index contributed by atoms with van der Waals surface area (Å²) >= 11 is 1.14. The molecule has 0 saturated carbocycles. The largest absolute Gasteiger partial charge is 0.377 e. The first-order valence-electron chi connectivity index (χ1n) is 5.66. The number of thiazole rings is 1. The van der Waals surface area contributed by atoms with E-state index in [-0.39, 0.29) is 4.87 Å². The normalized spacial score (nSPS) is 10.4. The van der Waals surface area contributed by atoms with E-state index in [4.69, 9.17) is 4.74 Å². The summed E-state index contributed by atoms with van der Waals surface area (Å²) in [5.41, 5.74) is 0.827. The molecule has 0 fully saturated rings. The topological polar surface area (TPSA) is 91.9 Å². The molecule has 2 aromatic rings. The van der Waals surface area contributed by atoms with Gasteiger partial charge in [0, 0.05) is 31.3 Å². The minimum Gasteiger partial charge on any atom is -0.377 e. The molecule has 0 aliphatic heterocycles. The Kier molecular flexibility index (Phi) is 4.48. The molecule has 0 spiro atoms. The monoisotopic (exact) mass is 281 g/mol. The van der Waals surface area contributed by atoms with Crippen molar-refractivity contribution >= 4 is 23.0 Å². The quantitative estimate of drug-likeness (QED) is 0.732. The summed E-state index contributed by atoms with van der Waals surface area (Å²) in [6, 6.07) is 1.80. The van der Waals surface area contributed by atoms with Crippen LogP contribution in [0.5, 0.6) is 0 Å². The molecule has 0 bridgehead atoms. The van der Waals surface area contributed by atoms with Crippen LogP contribution >= 0.6 is 11.3 Å². The smallest absolute Gasteiger partial charge is 0.304 e. The van der Waals surface area contributed by atoms with Crippen molar-refractivity contribution in [1.82, 2.24) is 15.0 Å². The number of ether oxygens (including phenoxy) is 1. The van der Waals surface area contributed by atoms with Crippen molar-refractivity contribution in [2.24, 2.45) is 0 Å². The van der Waals surface area contributed by atoms with E-state index in [0.717, 1.165) is 17.0 Å². The third-order valence-electron chi connectivity index (χ3n) is 2.33. The predicted octanol–water partition coefficient (Wildman–Crippen LogP) is 1.03. The standard InChI is InChI=1S/C11H15N5O2S/c1-12-8-3-9(16-10(15-8)5-18-2)13-4-7-6-19-11(17)14-7/h3,6H,4-5H2,1-2H3,(H,14,17)(H2,12,13,15,16). The van der Waals surface area contributed by atoms with Crippen molar-refractivity contribution in [3.8, 4) is 0 Å². The average molecular weight is 281 g/mol. The summed E-state index contributed by atoms with van der Waals surface area (Å²) in [4.78, 5) is 22.3. The van der Waals surface area contributed by atoms with E-state index in [9.17, 15) is 4.79 Å². The van der Waals surface area contributed by atoms with Crippen LogP contribution in [-0.4, -0.2) is 29.1 Å². The lowest BCUT2D eigenvalue weighted by Crippen LogP contribution is -2.08. The summed E-state index contributed by atoms with van der Waals surface area (Å²) in [6.07, 6.45) is 0. The molecular weight excluding hydrogens is 266 g/mol. The number of hydrogen-bond donors (Lipinski definition) is 3. The fraction of sp³-hybridized carbons (Fsp3) is 0.364. The number of nitrogens with zero attached hydrogens (tertiary/aromatic N) is 2. The zero-order chi connectivity index (χ0) is 13.7. The average Bonchev–Trinajstić information content (AvgIpc) is 2.82. The van der Waals surface area contributed by atoms with Crippen LogP contribution in [0.1, 0.15) is 11.5 Å². The Hall–Kier alpha value is -1.93. The molecule has 0 saturated heterocycles. The number of rotatable bonds is 6. The molecule has 0 radical (unpaired) electrons. The molecule has 19 heavy (non-hydrogen) atoms. The van der Waals surface area contributed by atoms with Crippen molar-refractivity contribution in [2.45, 2.75) is 13.2 Å². The Morgan fingerprint density at radius 2 is 2.21 bits per heavy atom. The first-order valence-corrected chi connectivity index (χ1v) is 6.54. The summed E-state index contributed by atoms with van der Waals surface area (Å²) < 4.78 is 5.02. The zero-order valence-corrected chi connectivity index (χ0v) is 11.5. The highest BCUT2D eigenvalue weighted by Crippen LogP contribution is 2.12. The molecule has 0 amide bonds. The van der Waals surface area contributed by atoms with Gasteiger partial charge in [0.25, 0.3) is 0 Å². The van der Waals surface area contributed by atoms with Gasteiger partial charge in [0.05, 0.1) is 6.54 Å². The number of methoxy groups -OCH3 is 1.